The van der Waals surface area contributed by atoms with E-state index in [4.69, 9.17) is 23.2 Å². The summed E-state index contributed by atoms with van der Waals surface area (Å²) in [4.78, 5) is 16.8. The molecular formula is C23H15Cl2N7O. The van der Waals surface area contributed by atoms with Crippen LogP contribution >= 0.6 is 23.2 Å². The lowest BCUT2D eigenvalue weighted by Crippen LogP contribution is -2.19. The standard InChI is InChI=1S/C23H15Cl2N7O/c24-15-7-8-19(17(25)13-15)28-23(33)27-16-5-3-4-14(12-16)18-9-10-21-29-30-22(32(21)31-18)20-6-1-2-11-26-20/h1-13H,(H2,27,28,33). The Morgan fingerprint density at radius 1 is 0.848 bits per heavy atom. The molecule has 5 aromatic rings. The van der Waals surface area contributed by atoms with E-state index in [2.05, 4.69) is 30.9 Å². The highest BCUT2D eigenvalue weighted by molar-refractivity contribution is 6.36. The zero-order valence-corrected chi connectivity index (χ0v) is 18.4. The number of hydrogen-bond acceptors (Lipinski definition) is 5. The molecule has 2 amide bonds. The molecule has 162 valence electrons. The fourth-order valence-electron chi connectivity index (χ4n) is 3.23. The van der Waals surface area contributed by atoms with Crippen molar-refractivity contribution in [3.63, 3.8) is 0 Å². The number of carbonyl (C=O) groups excluding carboxylic acids is 1. The van der Waals surface area contributed by atoms with Crippen LogP contribution in [0.5, 0.6) is 0 Å². The van der Waals surface area contributed by atoms with Crippen molar-refractivity contribution in [2.75, 3.05) is 10.6 Å². The van der Waals surface area contributed by atoms with E-state index in [9.17, 15) is 4.79 Å². The van der Waals surface area contributed by atoms with E-state index in [0.717, 1.165) is 5.56 Å². The Morgan fingerprint density at radius 2 is 1.76 bits per heavy atom. The summed E-state index contributed by atoms with van der Waals surface area (Å²) in [5.41, 5.74) is 3.81. The van der Waals surface area contributed by atoms with Gasteiger partial charge in [-0.1, -0.05) is 41.4 Å². The molecule has 3 heterocycles. The van der Waals surface area contributed by atoms with Crippen molar-refractivity contribution >= 4 is 46.3 Å². The molecule has 0 saturated heterocycles. The molecule has 0 bridgehead atoms. The molecule has 2 aromatic carbocycles. The molecule has 0 atom stereocenters. The Morgan fingerprint density at radius 3 is 2.58 bits per heavy atom. The van der Waals surface area contributed by atoms with Gasteiger partial charge in [-0.3, -0.25) is 4.98 Å². The predicted molar refractivity (Wildman–Crippen MR) is 129 cm³/mol. The van der Waals surface area contributed by atoms with Gasteiger partial charge in [0, 0.05) is 22.5 Å². The van der Waals surface area contributed by atoms with Crippen LogP contribution in [0.15, 0.2) is 79.0 Å². The van der Waals surface area contributed by atoms with Gasteiger partial charge < -0.3 is 10.6 Å². The molecule has 0 fully saturated rings. The second kappa shape index (κ2) is 8.85. The molecule has 0 unspecified atom stereocenters. The van der Waals surface area contributed by atoms with Gasteiger partial charge in [0.25, 0.3) is 0 Å². The smallest absolute Gasteiger partial charge is 0.308 e. The highest BCUT2D eigenvalue weighted by atomic mass is 35.5. The monoisotopic (exact) mass is 475 g/mol. The lowest BCUT2D eigenvalue weighted by Gasteiger charge is -2.10. The molecular weight excluding hydrogens is 461 g/mol. The fourth-order valence-corrected chi connectivity index (χ4v) is 3.69. The lowest BCUT2D eigenvalue weighted by atomic mass is 10.1. The van der Waals surface area contributed by atoms with Crippen LogP contribution in [-0.2, 0) is 0 Å². The molecule has 0 radical (unpaired) electrons. The lowest BCUT2D eigenvalue weighted by molar-refractivity contribution is 0.262. The maximum Gasteiger partial charge on any atom is 0.323 e. The van der Waals surface area contributed by atoms with E-state index in [0.29, 0.717) is 44.3 Å². The maximum absolute atomic E-state index is 12.5. The first-order valence-electron chi connectivity index (χ1n) is 9.84. The van der Waals surface area contributed by atoms with Crippen molar-refractivity contribution in [3.8, 4) is 22.8 Å². The predicted octanol–water partition coefficient (Wildman–Crippen LogP) is 5.80. The number of benzene rings is 2. The maximum atomic E-state index is 12.5. The second-order valence-electron chi connectivity index (χ2n) is 7.01. The molecule has 10 heteroatoms. The normalized spacial score (nSPS) is 10.8. The van der Waals surface area contributed by atoms with Crippen LogP contribution in [-0.4, -0.2) is 30.8 Å². The van der Waals surface area contributed by atoms with Gasteiger partial charge in [-0.2, -0.15) is 9.61 Å². The van der Waals surface area contributed by atoms with Crippen molar-refractivity contribution < 1.29 is 4.79 Å². The Balaban J connectivity index is 1.40. The zero-order valence-electron chi connectivity index (χ0n) is 16.9. The van der Waals surface area contributed by atoms with Gasteiger partial charge in [-0.15, -0.1) is 10.2 Å². The Kier molecular flexibility index (Phi) is 5.60. The summed E-state index contributed by atoms with van der Waals surface area (Å²) in [6.07, 6.45) is 1.69. The van der Waals surface area contributed by atoms with Crippen molar-refractivity contribution in [1.29, 1.82) is 0 Å². The van der Waals surface area contributed by atoms with Gasteiger partial charge in [0.1, 0.15) is 5.69 Å². The summed E-state index contributed by atoms with van der Waals surface area (Å²) in [6.45, 7) is 0. The number of nitrogens with one attached hydrogen (secondary N) is 2. The first-order chi connectivity index (χ1) is 16.1. The number of pyridine rings is 1. The van der Waals surface area contributed by atoms with Crippen molar-refractivity contribution in [2.24, 2.45) is 0 Å². The van der Waals surface area contributed by atoms with Crippen LogP contribution in [0.3, 0.4) is 0 Å². The molecule has 0 saturated carbocycles. The van der Waals surface area contributed by atoms with E-state index in [1.807, 2.05) is 48.5 Å². The highest BCUT2D eigenvalue weighted by Gasteiger charge is 2.12. The Bertz CT molecular complexity index is 1470. The van der Waals surface area contributed by atoms with Crippen LogP contribution in [0.2, 0.25) is 10.0 Å². The van der Waals surface area contributed by atoms with Gasteiger partial charge in [-0.05, 0) is 54.6 Å². The number of carbonyl (C=O) groups is 1. The summed E-state index contributed by atoms with van der Waals surface area (Å²) in [5.74, 6) is 0.543. The number of anilines is 2. The SMILES string of the molecule is O=C(Nc1cccc(-c2ccc3nnc(-c4ccccn4)n3n2)c1)Nc1ccc(Cl)cc1Cl. The number of rotatable bonds is 4. The summed E-state index contributed by atoms with van der Waals surface area (Å²) >= 11 is 12.0. The third-order valence-corrected chi connectivity index (χ3v) is 5.30. The molecule has 33 heavy (non-hydrogen) atoms. The zero-order chi connectivity index (χ0) is 22.8. The van der Waals surface area contributed by atoms with E-state index < -0.39 is 6.03 Å². The largest absolute Gasteiger partial charge is 0.323 e. The summed E-state index contributed by atoms with van der Waals surface area (Å²) in [7, 11) is 0. The minimum absolute atomic E-state index is 0.349. The number of amides is 2. The number of urea groups is 1. The third-order valence-electron chi connectivity index (χ3n) is 4.75. The summed E-state index contributed by atoms with van der Waals surface area (Å²) < 4.78 is 1.65. The van der Waals surface area contributed by atoms with Crippen molar-refractivity contribution in [1.82, 2.24) is 24.8 Å². The average Bonchev–Trinajstić information content (AvgIpc) is 3.25. The van der Waals surface area contributed by atoms with Gasteiger partial charge >= 0.3 is 6.03 Å². The first kappa shape index (κ1) is 20.9. The Hall–Kier alpha value is -4.01. The van der Waals surface area contributed by atoms with E-state index in [1.54, 1.807) is 35.0 Å². The van der Waals surface area contributed by atoms with Gasteiger partial charge in [-0.25, -0.2) is 4.79 Å². The summed E-state index contributed by atoms with van der Waals surface area (Å²) in [6, 6.07) is 21.0. The van der Waals surface area contributed by atoms with Crippen molar-refractivity contribution in [2.45, 2.75) is 0 Å². The average molecular weight is 476 g/mol. The van der Waals surface area contributed by atoms with Gasteiger partial charge in [0.05, 0.1) is 16.4 Å². The quantitative estimate of drug-likeness (QED) is 0.342. The number of halogens is 2. The van der Waals surface area contributed by atoms with Gasteiger partial charge in [0.2, 0.25) is 5.82 Å². The van der Waals surface area contributed by atoms with Crippen LogP contribution in [0.1, 0.15) is 0 Å². The molecule has 0 aliphatic carbocycles. The third kappa shape index (κ3) is 4.48. The first-order valence-corrected chi connectivity index (χ1v) is 10.6. The van der Waals surface area contributed by atoms with Crippen molar-refractivity contribution in [3.05, 3.63) is 89.0 Å². The minimum Gasteiger partial charge on any atom is -0.308 e. The molecule has 2 N–H and O–H groups in total. The van der Waals surface area contributed by atoms with E-state index >= 15 is 0 Å². The highest BCUT2D eigenvalue weighted by Crippen LogP contribution is 2.26. The number of aromatic nitrogens is 5. The molecule has 5 rings (SSSR count). The molecule has 0 aliphatic rings. The van der Waals surface area contributed by atoms with Crippen LogP contribution in [0.4, 0.5) is 16.2 Å². The van der Waals surface area contributed by atoms with E-state index in [-0.39, 0.29) is 0 Å². The van der Waals surface area contributed by atoms with E-state index in [1.165, 1.54) is 0 Å². The molecule has 3 aromatic heterocycles. The van der Waals surface area contributed by atoms with Crippen LogP contribution in [0.25, 0.3) is 28.4 Å². The fraction of sp³-hybridized carbons (Fsp3) is 0. The van der Waals surface area contributed by atoms with Gasteiger partial charge in [0.15, 0.2) is 5.65 Å². The van der Waals surface area contributed by atoms with Crippen LogP contribution in [0, 0.1) is 0 Å². The molecule has 0 aliphatic heterocycles. The minimum atomic E-state index is -0.434. The number of nitrogens with zero attached hydrogens (tertiary/aromatic N) is 5. The Labute approximate surface area is 198 Å². The summed E-state index contributed by atoms with van der Waals surface area (Å²) in [5, 5.41) is 19.4. The second-order valence-corrected chi connectivity index (χ2v) is 7.85. The topological polar surface area (TPSA) is 97.1 Å². The van der Waals surface area contributed by atoms with Crippen LogP contribution < -0.4 is 10.6 Å². The molecule has 0 spiro atoms. The molecule has 8 nitrogen and oxygen atoms in total. The number of fused-ring (bicyclic) bond motifs is 1. The number of hydrogen-bond donors (Lipinski definition) is 2.